The van der Waals surface area contributed by atoms with Crippen molar-refractivity contribution in [1.82, 2.24) is 0 Å². The number of rotatable bonds is 2. The van der Waals surface area contributed by atoms with Gasteiger partial charge in [0, 0.05) is 5.92 Å². The first kappa shape index (κ1) is 18.5. The van der Waals surface area contributed by atoms with E-state index in [-0.39, 0.29) is 17.4 Å². The number of hydrogen-bond donors (Lipinski definition) is 1. The molecule has 4 aliphatic rings. The molecular formula is C22H35BrO2. The molecule has 4 fully saturated rings. The molecule has 4 aliphatic carbocycles. The van der Waals surface area contributed by atoms with Gasteiger partial charge in [-0.15, -0.1) is 0 Å². The van der Waals surface area contributed by atoms with Crippen LogP contribution in [0.15, 0.2) is 0 Å². The lowest BCUT2D eigenvalue weighted by Crippen LogP contribution is -2.57. The highest BCUT2D eigenvalue weighted by molar-refractivity contribution is 9.09. The molecule has 4 saturated carbocycles. The van der Waals surface area contributed by atoms with Crippen LogP contribution < -0.4 is 0 Å². The topological polar surface area (TPSA) is 37.3 Å². The molecular weight excluding hydrogens is 376 g/mol. The van der Waals surface area contributed by atoms with Crippen LogP contribution in [0, 0.1) is 40.4 Å². The number of hydrogen-bond acceptors (Lipinski definition) is 2. The van der Waals surface area contributed by atoms with Crippen molar-refractivity contribution < 1.29 is 9.90 Å². The SMILES string of the molecule is C[C@]12CC[C@@H](O)C[C@@H]1CC[C@H]1C3CCC[C@H](C(=O)CBr)[C@@]3(C)CC[C@@H]12. The molecule has 0 aromatic heterocycles. The van der Waals surface area contributed by atoms with E-state index in [4.69, 9.17) is 0 Å². The minimum absolute atomic E-state index is 0.0564. The second-order valence-corrected chi connectivity index (χ2v) is 10.8. The fourth-order valence-corrected chi connectivity index (χ4v) is 8.44. The number of carbonyl (C=O) groups is 1. The van der Waals surface area contributed by atoms with E-state index in [1.807, 2.05) is 0 Å². The number of aliphatic hydroxyl groups is 1. The van der Waals surface area contributed by atoms with Crippen molar-refractivity contribution in [3.05, 3.63) is 0 Å². The van der Waals surface area contributed by atoms with E-state index in [1.54, 1.807) is 0 Å². The molecule has 8 atom stereocenters. The molecule has 0 saturated heterocycles. The number of aliphatic hydroxyl groups excluding tert-OH is 1. The van der Waals surface area contributed by atoms with Gasteiger partial charge in [0.15, 0.2) is 0 Å². The quantitative estimate of drug-likeness (QED) is 0.621. The Labute approximate surface area is 161 Å². The van der Waals surface area contributed by atoms with Crippen LogP contribution in [0.2, 0.25) is 0 Å². The van der Waals surface area contributed by atoms with Crippen molar-refractivity contribution in [1.29, 1.82) is 0 Å². The van der Waals surface area contributed by atoms with Crippen LogP contribution in [0.25, 0.3) is 0 Å². The predicted molar refractivity (Wildman–Crippen MR) is 105 cm³/mol. The van der Waals surface area contributed by atoms with Crippen molar-refractivity contribution in [3.63, 3.8) is 0 Å². The molecule has 0 spiro atoms. The van der Waals surface area contributed by atoms with E-state index in [9.17, 15) is 9.90 Å². The Kier molecular flexibility index (Phi) is 4.89. The van der Waals surface area contributed by atoms with Gasteiger partial charge in [-0.25, -0.2) is 0 Å². The number of carbonyl (C=O) groups excluding carboxylic acids is 1. The molecule has 0 aromatic carbocycles. The highest BCUT2D eigenvalue weighted by Crippen LogP contribution is 2.66. The normalized spacial score (nSPS) is 52.6. The summed E-state index contributed by atoms with van der Waals surface area (Å²) in [5, 5.41) is 10.7. The van der Waals surface area contributed by atoms with Crippen LogP contribution in [-0.4, -0.2) is 22.3 Å². The molecule has 0 bridgehead atoms. The maximum Gasteiger partial charge on any atom is 0.147 e. The Morgan fingerprint density at radius 2 is 1.72 bits per heavy atom. The molecule has 0 aliphatic heterocycles. The summed E-state index contributed by atoms with van der Waals surface area (Å²) in [5.41, 5.74) is 0.678. The fraction of sp³-hybridized carbons (Fsp3) is 0.955. The average Bonchev–Trinajstić information content (AvgIpc) is 2.60. The number of alkyl halides is 1. The van der Waals surface area contributed by atoms with Gasteiger partial charge in [-0.1, -0.05) is 36.2 Å². The van der Waals surface area contributed by atoms with E-state index < -0.39 is 0 Å². The molecule has 0 amide bonds. The first-order valence-corrected chi connectivity index (χ1v) is 11.8. The molecule has 2 nitrogen and oxygen atoms in total. The van der Waals surface area contributed by atoms with Crippen LogP contribution >= 0.6 is 15.9 Å². The summed E-state index contributed by atoms with van der Waals surface area (Å²) in [7, 11) is 0. The van der Waals surface area contributed by atoms with Crippen molar-refractivity contribution in [3.8, 4) is 0 Å². The highest BCUT2D eigenvalue weighted by Gasteiger charge is 2.59. The molecule has 0 heterocycles. The smallest absolute Gasteiger partial charge is 0.147 e. The molecule has 4 rings (SSSR count). The van der Waals surface area contributed by atoms with E-state index in [2.05, 4.69) is 29.8 Å². The zero-order chi connectivity index (χ0) is 17.8. The first-order valence-electron chi connectivity index (χ1n) is 10.7. The summed E-state index contributed by atoms with van der Waals surface area (Å²) in [4.78, 5) is 12.6. The monoisotopic (exact) mass is 410 g/mol. The second-order valence-electron chi connectivity index (χ2n) is 10.2. The zero-order valence-electron chi connectivity index (χ0n) is 16.0. The second kappa shape index (κ2) is 6.62. The van der Waals surface area contributed by atoms with Gasteiger partial charge < -0.3 is 5.11 Å². The van der Waals surface area contributed by atoms with E-state index in [0.29, 0.717) is 16.5 Å². The molecule has 142 valence electrons. The van der Waals surface area contributed by atoms with Crippen molar-refractivity contribution in [2.24, 2.45) is 40.4 Å². The average molecular weight is 411 g/mol. The number of halogens is 1. The Bertz CT molecular complexity index is 534. The summed E-state index contributed by atoms with van der Waals surface area (Å²) in [6, 6.07) is 0. The molecule has 0 radical (unpaired) electrons. The summed E-state index contributed by atoms with van der Waals surface area (Å²) in [5.74, 6) is 3.86. The summed E-state index contributed by atoms with van der Waals surface area (Å²) < 4.78 is 0. The summed E-state index contributed by atoms with van der Waals surface area (Å²) in [6.45, 7) is 5.00. The van der Waals surface area contributed by atoms with Gasteiger partial charge in [0.2, 0.25) is 0 Å². The van der Waals surface area contributed by atoms with Crippen molar-refractivity contribution >= 4 is 21.7 Å². The van der Waals surface area contributed by atoms with Crippen molar-refractivity contribution in [2.75, 3.05) is 5.33 Å². The maximum atomic E-state index is 12.6. The number of ketones is 1. The zero-order valence-corrected chi connectivity index (χ0v) is 17.6. The summed E-state index contributed by atoms with van der Waals surface area (Å²) >= 11 is 3.45. The van der Waals surface area contributed by atoms with Crippen LogP contribution in [0.1, 0.15) is 78.1 Å². The first-order chi connectivity index (χ1) is 11.9. The van der Waals surface area contributed by atoms with Gasteiger partial charge in [0.05, 0.1) is 11.4 Å². The maximum absolute atomic E-state index is 12.6. The van der Waals surface area contributed by atoms with Gasteiger partial charge in [-0.3, -0.25) is 4.79 Å². The van der Waals surface area contributed by atoms with Gasteiger partial charge in [-0.05, 0) is 92.3 Å². The Balaban J connectivity index is 1.61. The third-order valence-electron chi connectivity index (χ3n) is 9.40. The van der Waals surface area contributed by atoms with E-state index >= 15 is 0 Å². The largest absolute Gasteiger partial charge is 0.393 e. The van der Waals surface area contributed by atoms with Crippen LogP contribution in [0.3, 0.4) is 0 Å². The van der Waals surface area contributed by atoms with Gasteiger partial charge in [0.25, 0.3) is 0 Å². The molecule has 1 N–H and O–H groups in total. The highest BCUT2D eigenvalue weighted by atomic mass is 79.9. The minimum Gasteiger partial charge on any atom is -0.393 e. The standard InChI is InChI=1S/C22H35BrO2/c1-21-10-8-15(24)12-14(21)6-7-16-17-4-3-5-19(20(25)13-23)22(17,2)11-9-18(16)21/h14-19,24H,3-13H2,1-2H3/t14-,15+,16-,17?,18-,19+,21-,22-/m0/s1. The van der Waals surface area contributed by atoms with E-state index in [1.165, 1.54) is 44.9 Å². The van der Waals surface area contributed by atoms with Gasteiger partial charge in [0.1, 0.15) is 5.78 Å². The van der Waals surface area contributed by atoms with E-state index in [0.717, 1.165) is 42.9 Å². The van der Waals surface area contributed by atoms with Crippen LogP contribution in [0.5, 0.6) is 0 Å². The van der Waals surface area contributed by atoms with Gasteiger partial charge >= 0.3 is 0 Å². The lowest BCUT2D eigenvalue weighted by atomic mass is 9.41. The Morgan fingerprint density at radius 1 is 1.00 bits per heavy atom. The lowest BCUT2D eigenvalue weighted by Gasteiger charge is -2.63. The van der Waals surface area contributed by atoms with Crippen molar-refractivity contribution in [2.45, 2.75) is 84.2 Å². The van der Waals surface area contributed by atoms with Crippen LogP contribution in [-0.2, 0) is 4.79 Å². The molecule has 3 heteroatoms. The van der Waals surface area contributed by atoms with Crippen LogP contribution in [0.4, 0.5) is 0 Å². The third kappa shape index (κ3) is 2.78. The molecule has 1 unspecified atom stereocenters. The number of fused-ring (bicyclic) bond motifs is 5. The minimum atomic E-state index is -0.0564. The Hall–Kier alpha value is 0.110. The summed E-state index contributed by atoms with van der Waals surface area (Å²) in [6.07, 6.45) is 12.1. The Morgan fingerprint density at radius 3 is 2.48 bits per heavy atom. The molecule has 25 heavy (non-hydrogen) atoms. The lowest BCUT2D eigenvalue weighted by molar-refractivity contribution is -0.158. The molecule has 0 aromatic rings. The third-order valence-corrected chi connectivity index (χ3v) is 9.95. The van der Waals surface area contributed by atoms with Gasteiger partial charge in [-0.2, -0.15) is 0 Å². The predicted octanol–water partition coefficient (Wildman–Crippen LogP) is 5.36. The fourth-order valence-electron chi connectivity index (χ4n) is 8.05. The number of Topliss-reactive ketones (excluding diaryl/α,β-unsaturated/α-hetero) is 1.